The Bertz CT molecular complexity index is 818. The highest BCUT2D eigenvalue weighted by Gasteiger charge is 2.16. The van der Waals surface area contributed by atoms with Gasteiger partial charge in [0.05, 0.1) is 11.0 Å². The minimum Gasteiger partial charge on any atom is -0.399 e. The van der Waals surface area contributed by atoms with Crippen molar-refractivity contribution in [1.82, 2.24) is 9.55 Å². The first-order chi connectivity index (χ1) is 9.97. The van der Waals surface area contributed by atoms with Crippen LogP contribution in [0.2, 0.25) is 5.02 Å². The highest BCUT2D eigenvalue weighted by atomic mass is 35.5. The van der Waals surface area contributed by atoms with Crippen molar-refractivity contribution in [3.8, 4) is 11.4 Å². The lowest BCUT2D eigenvalue weighted by atomic mass is 10.1. The van der Waals surface area contributed by atoms with E-state index < -0.39 is 0 Å². The number of imidazole rings is 1. The molecule has 21 heavy (non-hydrogen) atoms. The Labute approximate surface area is 129 Å². The molecule has 0 amide bonds. The maximum Gasteiger partial charge on any atom is 0.141 e. The van der Waals surface area contributed by atoms with Crippen LogP contribution in [0.15, 0.2) is 36.4 Å². The first-order valence-electron chi connectivity index (χ1n) is 7.01. The van der Waals surface area contributed by atoms with Crippen molar-refractivity contribution in [2.75, 3.05) is 5.73 Å². The van der Waals surface area contributed by atoms with Crippen molar-refractivity contribution in [3.63, 3.8) is 0 Å². The standard InChI is InChI=1S/C17H18ClN3/c1-10(2)21-16-9-12(18)4-7-15(16)20-17(21)14-6-5-13(19)8-11(14)3/h4-10H,19H2,1-3H3. The Morgan fingerprint density at radius 3 is 2.57 bits per heavy atom. The van der Waals surface area contributed by atoms with Gasteiger partial charge in [0, 0.05) is 22.3 Å². The molecule has 0 aliphatic heterocycles. The third-order valence-electron chi connectivity index (χ3n) is 3.66. The lowest BCUT2D eigenvalue weighted by Gasteiger charge is -2.14. The van der Waals surface area contributed by atoms with E-state index in [1.54, 1.807) is 0 Å². The molecule has 3 nitrogen and oxygen atoms in total. The Morgan fingerprint density at radius 2 is 1.90 bits per heavy atom. The minimum atomic E-state index is 0.292. The molecule has 108 valence electrons. The molecule has 0 saturated carbocycles. The van der Waals surface area contributed by atoms with E-state index in [2.05, 4.69) is 25.3 Å². The zero-order valence-electron chi connectivity index (χ0n) is 12.4. The fraction of sp³-hybridized carbons (Fsp3) is 0.235. The Morgan fingerprint density at radius 1 is 1.14 bits per heavy atom. The lowest BCUT2D eigenvalue weighted by molar-refractivity contribution is 0.624. The first-order valence-corrected chi connectivity index (χ1v) is 7.39. The van der Waals surface area contributed by atoms with Crippen molar-refractivity contribution >= 4 is 28.3 Å². The first kappa shape index (κ1) is 14.0. The third-order valence-corrected chi connectivity index (χ3v) is 3.89. The molecule has 0 spiro atoms. The van der Waals surface area contributed by atoms with E-state index in [4.69, 9.17) is 22.3 Å². The van der Waals surface area contributed by atoms with E-state index in [-0.39, 0.29) is 0 Å². The fourth-order valence-electron chi connectivity index (χ4n) is 2.72. The van der Waals surface area contributed by atoms with Gasteiger partial charge in [-0.3, -0.25) is 0 Å². The molecule has 0 bridgehead atoms. The van der Waals surface area contributed by atoms with Gasteiger partial charge in [0.15, 0.2) is 0 Å². The second-order valence-electron chi connectivity index (χ2n) is 5.61. The van der Waals surface area contributed by atoms with Crippen LogP contribution in [0, 0.1) is 6.92 Å². The largest absolute Gasteiger partial charge is 0.399 e. The predicted molar refractivity (Wildman–Crippen MR) is 89.7 cm³/mol. The van der Waals surface area contributed by atoms with Gasteiger partial charge in [-0.1, -0.05) is 11.6 Å². The summed E-state index contributed by atoms with van der Waals surface area (Å²) in [6.45, 7) is 6.36. The summed E-state index contributed by atoms with van der Waals surface area (Å²) < 4.78 is 2.22. The number of aromatic nitrogens is 2. The molecule has 1 aromatic heterocycles. The number of nitrogens with zero attached hydrogens (tertiary/aromatic N) is 2. The van der Waals surface area contributed by atoms with E-state index in [9.17, 15) is 0 Å². The smallest absolute Gasteiger partial charge is 0.141 e. The van der Waals surface area contributed by atoms with Gasteiger partial charge < -0.3 is 10.3 Å². The average molecular weight is 300 g/mol. The van der Waals surface area contributed by atoms with Crippen LogP contribution in [-0.4, -0.2) is 9.55 Å². The number of nitrogens with two attached hydrogens (primary N) is 1. The molecule has 1 heterocycles. The van der Waals surface area contributed by atoms with Gasteiger partial charge >= 0.3 is 0 Å². The second kappa shape index (κ2) is 5.08. The summed E-state index contributed by atoms with van der Waals surface area (Å²) in [6, 6.07) is 12.0. The van der Waals surface area contributed by atoms with Gasteiger partial charge in [0.2, 0.25) is 0 Å². The number of halogens is 1. The monoisotopic (exact) mass is 299 g/mol. The quantitative estimate of drug-likeness (QED) is 0.689. The van der Waals surface area contributed by atoms with Crippen LogP contribution in [0.3, 0.4) is 0 Å². The van der Waals surface area contributed by atoms with Crippen LogP contribution in [0.4, 0.5) is 5.69 Å². The summed E-state index contributed by atoms with van der Waals surface area (Å²) in [6.07, 6.45) is 0. The number of benzene rings is 2. The summed E-state index contributed by atoms with van der Waals surface area (Å²) in [5.74, 6) is 0.958. The Hall–Kier alpha value is -2.00. The number of rotatable bonds is 2. The second-order valence-corrected chi connectivity index (χ2v) is 6.04. The molecule has 0 aliphatic rings. The fourth-order valence-corrected chi connectivity index (χ4v) is 2.88. The number of fused-ring (bicyclic) bond motifs is 1. The predicted octanol–water partition coefficient (Wildman–Crippen LogP) is 4.83. The molecular formula is C17H18ClN3. The van der Waals surface area contributed by atoms with Gasteiger partial charge in [-0.05, 0) is 62.7 Å². The lowest BCUT2D eigenvalue weighted by Crippen LogP contribution is -2.04. The maximum absolute atomic E-state index is 6.15. The van der Waals surface area contributed by atoms with Gasteiger partial charge in [-0.2, -0.15) is 0 Å². The molecular weight excluding hydrogens is 282 g/mol. The van der Waals surface area contributed by atoms with Crippen LogP contribution in [0.5, 0.6) is 0 Å². The molecule has 2 N–H and O–H groups in total. The summed E-state index contributed by atoms with van der Waals surface area (Å²) in [7, 11) is 0. The van der Waals surface area contributed by atoms with E-state index in [0.717, 1.165) is 38.7 Å². The Kier molecular flexibility index (Phi) is 3.38. The molecule has 3 aromatic rings. The van der Waals surface area contributed by atoms with Crippen molar-refractivity contribution in [3.05, 3.63) is 47.0 Å². The van der Waals surface area contributed by atoms with E-state index in [1.807, 2.05) is 36.4 Å². The Balaban J connectivity index is 2.34. The van der Waals surface area contributed by atoms with Gasteiger partial charge in [-0.25, -0.2) is 4.98 Å². The zero-order chi connectivity index (χ0) is 15.1. The number of hydrogen-bond donors (Lipinski definition) is 1. The number of anilines is 1. The molecule has 0 atom stereocenters. The van der Waals surface area contributed by atoms with Crippen LogP contribution in [0.1, 0.15) is 25.5 Å². The maximum atomic E-state index is 6.15. The van der Waals surface area contributed by atoms with Crippen LogP contribution < -0.4 is 5.73 Å². The normalized spacial score (nSPS) is 11.5. The SMILES string of the molecule is Cc1cc(N)ccc1-c1nc2ccc(Cl)cc2n1C(C)C. The highest BCUT2D eigenvalue weighted by molar-refractivity contribution is 6.31. The van der Waals surface area contributed by atoms with Crippen molar-refractivity contribution < 1.29 is 0 Å². The molecule has 2 aromatic carbocycles. The topological polar surface area (TPSA) is 43.8 Å². The molecule has 0 unspecified atom stereocenters. The molecule has 0 radical (unpaired) electrons. The summed E-state index contributed by atoms with van der Waals surface area (Å²) in [5.41, 5.74) is 10.9. The van der Waals surface area contributed by atoms with Crippen LogP contribution >= 0.6 is 11.6 Å². The molecule has 4 heteroatoms. The summed E-state index contributed by atoms with van der Waals surface area (Å²) >= 11 is 6.15. The van der Waals surface area contributed by atoms with E-state index in [0.29, 0.717) is 6.04 Å². The van der Waals surface area contributed by atoms with E-state index >= 15 is 0 Å². The third kappa shape index (κ3) is 2.38. The number of nitrogen functional groups attached to an aromatic ring is 1. The van der Waals surface area contributed by atoms with Crippen molar-refractivity contribution in [1.29, 1.82) is 0 Å². The number of hydrogen-bond acceptors (Lipinski definition) is 2. The van der Waals surface area contributed by atoms with Crippen LogP contribution in [-0.2, 0) is 0 Å². The summed E-state index contributed by atoms with van der Waals surface area (Å²) in [5, 5.41) is 0.727. The minimum absolute atomic E-state index is 0.292. The van der Waals surface area contributed by atoms with Crippen LogP contribution in [0.25, 0.3) is 22.4 Å². The molecule has 3 rings (SSSR count). The van der Waals surface area contributed by atoms with Crippen molar-refractivity contribution in [2.24, 2.45) is 0 Å². The van der Waals surface area contributed by atoms with Crippen molar-refractivity contribution in [2.45, 2.75) is 26.8 Å². The molecule has 0 fully saturated rings. The highest BCUT2D eigenvalue weighted by Crippen LogP contribution is 2.32. The molecule has 0 aliphatic carbocycles. The van der Waals surface area contributed by atoms with E-state index in [1.165, 1.54) is 0 Å². The average Bonchev–Trinajstić information content (AvgIpc) is 2.76. The molecule has 0 saturated heterocycles. The van der Waals surface area contributed by atoms with Gasteiger partial charge in [0.25, 0.3) is 0 Å². The summed E-state index contributed by atoms with van der Waals surface area (Å²) in [4.78, 5) is 4.80. The van der Waals surface area contributed by atoms with Gasteiger partial charge in [0.1, 0.15) is 5.82 Å². The van der Waals surface area contributed by atoms with Gasteiger partial charge in [-0.15, -0.1) is 0 Å². The zero-order valence-corrected chi connectivity index (χ0v) is 13.1. The number of aryl methyl sites for hydroxylation is 1.